The van der Waals surface area contributed by atoms with Gasteiger partial charge < -0.3 is 24.6 Å². The van der Waals surface area contributed by atoms with Crippen molar-refractivity contribution in [1.29, 1.82) is 0 Å². The zero-order valence-corrected chi connectivity index (χ0v) is 27.2. The second-order valence-electron chi connectivity index (χ2n) is 11.8. The zero-order valence-electron chi connectivity index (χ0n) is 26.4. The Labute approximate surface area is 270 Å². The van der Waals surface area contributed by atoms with E-state index in [1.807, 2.05) is 13.8 Å². The van der Waals surface area contributed by atoms with Crippen LogP contribution in [-0.4, -0.2) is 58.6 Å². The van der Waals surface area contributed by atoms with Gasteiger partial charge in [-0.1, -0.05) is 25.4 Å². The third-order valence-corrected chi connectivity index (χ3v) is 8.23. The van der Waals surface area contributed by atoms with E-state index in [9.17, 15) is 28.7 Å². The summed E-state index contributed by atoms with van der Waals surface area (Å²) < 4.78 is 30.0. The monoisotopic (exact) mass is 658 g/mol. The molecule has 1 unspecified atom stereocenters. The molecule has 14 heteroatoms. The number of nitrogens with zero attached hydrogens (tertiary/aromatic N) is 3. The Morgan fingerprint density at radius 3 is 2.43 bits per heavy atom. The first-order chi connectivity index (χ1) is 21.7. The summed E-state index contributed by atoms with van der Waals surface area (Å²) in [5.41, 5.74) is 0.177. The maximum atomic E-state index is 14.3. The van der Waals surface area contributed by atoms with Crippen molar-refractivity contribution in [3.8, 4) is 5.75 Å². The summed E-state index contributed by atoms with van der Waals surface area (Å²) in [6.07, 6.45) is 4.52. The van der Waals surface area contributed by atoms with E-state index in [0.29, 0.717) is 16.0 Å². The van der Waals surface area contributed by atoms with Gasteiger partial charge in [-0.25, -0.2) is 23.9 Å². The van der Waals surface area contributed by atoms with E-state index in [1.165, 1.54) is 25.4 Å². The van der Waals surface area contributed by atoms with Crippen molar-refractivity contribution in [3.63, 3.8) is 0 Å². The Morgan fingerprint density at radius 2 is 1.89 bits per heavy atom. The number of hydrogen-bond donors (Lipinski definition) is 2. The second kappa shape index (κ2) is 14.0. The first-order valence-electron chi connectivity index (χ1n) is 14.7. The van der Waals surface area contributed by atoms with Gasteiger partial charge in [0, 0.05) is 19.4 Å². The molecule has 3 aliphatic rings. The molecule has 1 aromatic heterocycles. The van der Waals surface area contributed by atoms with E-state index < -0.39 is 29.3 Å². The maximum absolute atomic E-state index is 14.3. The predicted octanol–water partition coefficient (Wildman–Crippen LogP) is 5.79. The van der Waals surface area contributed by atoms with E-state index >= 15 is 0 Å². The van der Waals surface area contributed by atoms with Gasteiger partial charge in [0.2, 0.25) is 0 Å². The largest absolute Gasteiger partial charge is 0.489 e. The lowest BCUT2D eigenvalue weighted by Crippen LogP contribution is -2.41. The summed E-state index contributed by atoms with van der Waals surface area (Å²) >= 11 is 6.04. The number of methoxy groups -OCH3 is 1. The second-order valence-corrected chi connectivity index (χ2v) is 12.2. The van der Waals surface area contributed by atoms with Crippen LogP contribution in [0.5, 0.6) is 5.75 Å². The zero-order chi connectivity index (χ0) is 33.9. The molecule has 46 heavy (non-hydrogen) atoms. The minimum Gasteiger partial charge on any atom is -0.489 e. The van der Waals surface area contributed by atoms with Crippen molar-refractivity contribution in [2.24, 2.45) is 10.9 Å². The Kier molecular flexibility index (Phi) is 10.5. The molecule has 0 spiro atoms. The van der Waals surface area contributed by atoms with Crippen molar-refractivity contribution >= 4 is 47.0 Å². The van der Waals surface area contributed by atoms with Gasteiger partial charge in [0.1, 0.15) is 22.8 Å². The fourth-order valence-electron chi connectivity index (χ4n) is 5.00. The number of aromatic nitrogens is 1. The molecule has 0 bridgehead atoms. The van der Waals surface area contributed by atoms with E-state index in [-0.39, 0.29) is 63.8 Å². The lowest BCUT2D eigenvalue weighted by molar-refractivity contribution is -0.124. The molecule has 2 N–H and O–H groups in total. The van der Waals surface area contributed by atoms with Crippen molar-refractivity contribution in [2.75, 3.05) is 12.0 Å². The summed E-state index contributed by atoms with van der Waals surface area (Å²) in [7, 11) is 1.52. The number of rotatable bonds is 8. The number of nitrogens with one attached hydrogen (secondary N) is 1. The van der Waals surface area contributed by atoms with Crippen LogP contribution in [0.25, 0.3) is 0 Å². The third-order valence-electron chi connectivity index (χ3n) is 7.93. The number of carbonyl (C=O) groups is 4. The molecular weight excluding hydrogens is 623 g/mol. The van der Waals surface area contributed by atoms with Gasteiger partial charge in [0.05, 0.1) is 29.0 Å². The Balaban J connectivity index is 0.000000210. The highest BCUT2D eigenvalue weighted by molar-refractivity contribution is 6.32. The van der Waals surface area contributed by atoms with E-state index in [2.05, 4.69) is 15.3 Å². The van der Waals surface area contributed by atoms with Crippen LogP contribution < -0.4 is 15.0 Å². The molecule has 1 atom stereocenters. The van der Waals surface area contributed by atoms with Crippen LogP contribution >= 0.6 is 11.6 Å². The minimum absolute atomic E-state index is 0.00962. The van der Waals surface area contributed by atoms with E-state index in [4.69, 9.17) is 25.8 Å². The molecule has 5 rings (SSSR count). The number of cyclic esters (lactones) is 1. The normalized spacial score (nSPS) is 19.6. The van der Waals surface area contributed by atoms with Crippen molar-refractivity contribution in [3.05, 3.63) is 63.4 Å². The number of aromatic carboxylic acids is 1. The highest BCUT2D eigenvalue weighted by Gasteiger charge is 2.43. The van der Waals surface area contributed by atoms with Gasteiger partial charge in [0.15, 0.2) is 11.6 Å². The number of anilines is 1. The number of amides is 3. The number of hydrogen-bond acceptors (Lipinski definition) is 9. The van der Waals surface area contributed by atoms with Crippen molar-refractivity contribution in [2.45, 2.75) is 78.6 Å². The average Bonchev–Trinajstić information content (AvgIpc) is 3.69. The van der Waals surface area contributed by atoms with Crippen molar-refractivity contribution in [1.82, 2.24) is 10.3 Å². The number of allylic oxidation sites excluding steroid dienone is 1. The van der Waals surface area contributed by atoms with Crippen LogP contribution in [0.15, 0.2) is 40.7 Å². The summed E-state index contributed by atoms with van der Waals surface area (Å²) in [6.45, 7) is 9.03. The Morgan fingerprint density at radius 1 is 1.22 bits per heavy atom. The summed E-state index contributed by atoms with van der Waals surface area (Å²) in [5.74, 6) is -2.54. The Bertz CT molecular complexity index is 1630. The molecule has 1 saturated heterocycles. The van der Waals surface area contributed by atoms with Gasteiger partial charge in [-0.3, -0.25) is 14.6 Å². The lowest BCUT2D eigenvalue weighted by Gasteiger charge is -2.21. The number of amidine groups is 1. The molecule has 246 valence electrons. The van der Waals surface area contributed by atoms with Gasteiger partial charge >= 0.3 is 18.0 Å². The molecule has 1 aromatic carbocycles. The van der Waals surface area contributed by atoms with Crippen LogP contribution in [0.1, 0.15) is 81.9 Å². The van der Waals surface area contributed by atoms with Gasteiger partial charge in [-0.05, 0) is 75.6 Å². The van der Waals surface area contributed by atoms with Crippen LogP contribution in [-0.2, 0) is 25.7 Å². The molecule has 2 fully saturated rings. The highest BCUT2D eigenvalue weighted by Crippen LogP contribution is 2.37. The number of aliphatic imine (C=N–C) groups is 1. The molecular formula is C32H36ClFN4O8. The number of carboxylic acid groups (broad SMARTS) is 1. The van der Waals surface area contributed by atoms with E-state index in [0.717, 1.165) is 31.7 Å². The van der Waals surface area contributed by atoms with E-state index in [1.54, 1.807) is 20.8 Å². The standard InChI is InChI=1S/C17H17ClFNO4.C15H19N3O4/c1-9(2)15-16(21)20(17(22)24-15)13-8-14(11(18)7-12(13)19)23-10-5-3-4-6-10;1-8(2)15(3)14(21)17-12(18-15)11-10(13(19)20)5-9(6-16-11)7-22-4/h7-8,10H,3-6H2,1-2H3;5-6,8H,7H2,1-4H3,(H,19,20)(H,17,18,21). The smallest absolute Gasteiger partial charge is 0.427 e. The number of carboxylic acids is 1. The van der Waals surface area contributed by atoms with Gasteiger partial charge in [0.25, 0.3) is 5.91 Å². The topological polar surface area (TPSA) is 157 Å². The maximum Gasteiger partial charge on any atom is 0.427 e. The highest BCUT2D eigenvalue weighted by atomic mass is 35.5. The predicted molar refractivity (Wildman–Crippen MR) is 166 cm³/mol. The van der Waals surface area contributed by atoms with Crippen LogP contribution in [0.4, 0.5) is 14.9 Å². The summed E-state index contributed by atoms with van der Waals surface area (Å²) in [4.78, 5) is 57.2. The SMILES string of the molecule is CC(C)=C1OC(=O)N(c2cc(OC3CCCC3)c(Cl)cc2F)C1=O.COCc1cnc(C2=NC(C)(C(C)C)C(=O)N2)c(C(=O)O)c1. The number of pyridine rings is 1. The molecule has 12 nitrogen and oxygen atoms in total. The molecule has 3 heterocycles. The Hall–Kier alpha value is -4.36. The number of imide groups is 1. The molecule has 3 amide bonds. The first-order valence-corrected chi connectivity index (χ1v) is 15.1. The fraction of sp³-hybridized carbons (Fsp3) is 0.438. The first kappa shape index (κ1) is 34.5. The molecule has 0 radical (unpaired) electrons. The van der Waals surface area contributed by atoms with Crippen LogP contribution in [0.2, 0.25) is 5.02 Å². The minimum atomic E-state index is -1.13. The van der Waals surface area contributed by atoms with Crippen LogP contribution in [0, 0.1) is 11.7 Å². The molecule has 2 aliphatic heterocycles. The fourth-order valence-corrected chi connectivity index (χ4v) is 5.20. The number of halogens is 2. The average molecular weight is 659 g/mol. The number of ether oxygens (including phenoxy) is 3. The number of benzene rings is 1. The molecule has 1 aliphatic carbocycles. The number of carbonyl (C=O) groups excluding carboxylic acids is 3. The van der Waals surface area contributed by atoms with Gasteiger partial charge in [-0.2, -0.15) is 0 Å². The van der Waals surface area contributed by atoms with Crippen molar-refractivity contribution < 1.29 is 42.9 Å². The third kappa shape index (κ3) is 7.05. The quantitative estimate of drug-likeness (QED) is 0.335. The van der Waals surface area contributed by atoms with Crippen LogP contribution in [0.3, 0.4) is 0 Å². The lowest BCUT2D eigenvalue weighted by atomic mass is 9.89. The molecule has 2 aromatic rings. The summed E-state index contributed by atoms with van der Waals surface area (Å²) in [5, 5.41) is 12.1. The summed E-state index contributed by atoms with van der Waals surface area (Å²) in [6, 6.07) is 3.80. The van der Waals surface area contributed by atoms with Gasteiger partial charge in [-0.15, -0.1) is 0 Å². The molecule has 1 saturated carbocycles.